The molecule has 2 nitrogen and oxygen atoms in total. The predicted molar refractivity (Wildman–Crippen MR) is 62.2 cm³/mol. The zero-order chi connectivity index (χ0) is 14.4. The summed E-state index contributed by atoms with van der Waals surface area (Å²) in [6, 6.07) is 2.75. The molecule has 1 aliphatic heterocycles. The molecule has 0 aromatic heterocycles. The Bertz CT molecular complexity index is 483. The normalized spacial score (nSPS) is 22.8. The molecule has 1 aliphatic rings. The van der Waals surface area contributed by atoms with E-state index in [0.717, 1.165) is 12.1 Å². The smallest absolute Gasteiger partial charge is 0.398 e. The van der Waals surface area contributed by atoms with E-state index in [2.05, 4.69) is 0 Å². The summed E-state index contributed by atoms with van der Waals surface area (Å²) in [7, 11) is 0. The lowest BCUT2D eigenvalue weighted by Gasteiger charge is -2.24. The molecule has 0 radical (unpaired) electrons. The molecule has 0 amide bonds. The van der Waals surface area contributed by atoms with Gasteiger partial charge in [0.2, 0.25) is 0 Å². The summed E-state index contributed by atoms with van der Waals surface area (Å²) in [5.74, 6) is -2.88. The number of rotatable bonds is 1. The van der Waals surface area contributed by atoms with Gasteiger partial charge < -0.3 is 10.6 Å². The van der Waals surface area contributed by atoms with Gasteiger partial charge in [0.15, 0.2) is 0 Å². The van der Waals surface area contributed by atoms with Crippen molar-refractivity contribution in [2.75, 3.05) is 17.2 Å². The fraction of sp³-hybridized carbons (Fsp3) is 0.500. The number of anilines is 2. The molecular formula is C12H13F5N2. The first-order valence-corrected chi connectivity index (χ1v) is 5.71. The van der Waals surface area contributed by atoms with Crippen LogP contribution in [0.5, 0.6) is 0 Å². The quantitative estimate of drug-likeness (QED) is 0.630. The van der Waals surface area contributed by atoms with Gasteiger partial charge in [-0.3, -0.25) is 0 Å². The number of nitrogens with zero attached hydrogens (tertiary/aromatic N) is 1. The lowest BCUT2D eigenvalue weighted by Crippen LogP contribution is -2.29. The van der Waals surface area contributed by atoms with Gasteiger partial charge in [0.05, 0.1) is 12.1 Å². The van der Waals surface area contributed by atoms with Gasteiger partial charge in [-0.1, -0.05) is 0 Å². The van der Waals surface area contributed by atoms with Crippen molar-refractivity contribution < 1.29 is 22.0 Å². The highest BCUT2D eigenvalue weighted by Crippen LogP contribution is 2.39. The first-order valence-electron chi connectivity index (χ1n) is 5.71. The molecule has 1 saturated heterocycles. The summed E-state index contributed by atoms with van der Waals surface area (Å²) in [6.45, 7) is 0.986. The van der Waals surface area contributed by atoms with E-state index in [-0.39, 0.29) is 12.1 Å². The second kappa shape index (κ2) is 4.25. The minimum absolute atomic E-state index is 0.117. The molecule has 0 unspecified atom stereocenters. The monoisotopic (exact) mass is 280 g/mol. The molecule has 0 bridgehead atoms. The van der Waals surface area contributed by atoms with Gasteiger partial charge in [0.1, 0.15) is 0 Å². The van der Waals surface area contributed by atoms with Gasteiger partial charge in [-0.05, 0) is 25.1 Å². The molecule has 1 fully saturated rings. The van der Waals surface area contributed by atoms with E-state index in [1.807, 2.05) is 0 Å². The summed E-state index contributed by atoms with van der Waals surface area (Å²) in [4.78, 5) is 1.27. The summed E-state index contributed by atoms with van der Waals surface area (Å²) >= 11 is 0. The van der Waals surface area contributed by atoms with Crippen molar-refractivity contribution in [3.05, 3.63) is 23.8 Å². The molecule has 106 valence electrons. The standard InChI is InChI=1S/C12H13F5N2/c1-7-5-11(13,14)6-19(7)8-2-3-10(18)9(4-8)12(15,16)17/h2-4,7H,5-6,18H2,1H3/t7-/m1/s1. The Morgan fingerprint density at radius 1 is 1.32 bits per heavy atom. The van der Waals surface area contributed by atoms with Crippen LogP contribution in [0.4, 0.5) is 33.3 Å². The largest absolute Gasteiger partial charge is 0.418 e. The third-order valence-electron chi connectivity index (χ3n) is 3.20. The zero-order valence-electron chi connectivity index (χ0n) is 10.1. The summed E-state index contributed by atoms with van der Waals surface area (Å²) in [5.41, 5.74) is 3.99. The molecule has 1 heterocycles. The molecule has 19 heavy (non-hydrogen) atoms. The molecule has 2 rings (SSSR count). The number of hydrogen-bond donors (Lipinski definition) is 1. The average Bonchev–Trinajstić information content (AvgIpc) is 2.51. The zero-order valence-corrected chi connectivity index (χ0v) is 10.1. The van der Waals surface area contributed by atoms with Crippen LogP contribution < -0.4 is 10.6 Å². The average molecular weight is 280 g/mol. The lowest BCUT2D eigenvalue weighted by molar-refractivity contribution is -0.136. The molecule has 1 aromatic rings. The van der Waals surface area contributed by atoms with Crippen LogP contribution in [0.1, 0.15) is 18.9 Å². The van der Waals surface area contributed by atoms with Crippen molar-refractivity contribution in [2.24, 2.45) is 0 Å². The van der Waals surface area contributed by atoms with Crippen molar-refractivity contribution in [3.8, 4) is 0 Å². The number of alkyl halides is 5. The van der Waals surface area contributed by atoms with Crippen LogP contribution in [0.15, 0.2) is 18.2 Å². The maximum absolute atomic E-state index is 13.3. The van der Waals surface area contributed by atoms with Crippen LogP contribution in [0.25, 0.3) is 0 Å². The van der Waals surface area contributed by atoms with Crippen LogP contribution in [-0.4, -0.2) is 18.5 Å². The van der Waals surface area contributed by atoms with E-state index in [1.165, 1.54) is 11.0 Å². The van der Waals surface area contributed by atoms with Crippen molar-refractivity contribution in [3.63, 3.8) is 0 Å². The van der Waals surface area contributed by atoms with E-state index in [9.17, 15) is 22.0 Å². The molecule has 7 heteroatoms. The van der Waals surface area contributed by atoms with E-state index in [1.54, 1.807) is 6.92 Å². The Labute approximate surface area is 107 Å². The molecule has 0 saturated carbocycles. The Morgan fingerprint density at radius 3 is 2.42 bits per heavy atom. The number of halogens is 5. The maximum Gasteiger partial charge on any atom is 0.418 e. The van der Waals surface area contributed by atoms with Gasteiger partial charge >= 0.3 is 6.18 Å². The van der Waals surface area contributed by atoms with Gasteiger partial charge in [-0.2, -0.15) is 13.2 Å². The molecule has 1 aromatic carbocycles. The minimum Gasteiger partial charge on any atom is -0.398 e. The van der Waals surface area contributed by atoms with Crippen LogP contribution in [0.3, 0.4) is 0 Å². The summed E-state index contributed by atoms with van der Waals surface area (Å²) in [6.07, 6.45) is -4.95. The molecule has 1 atom stereocenters. The third kappa shape index (κ3) is 2.74. The van der Waals surface area contributed by atoms with E-state index in [4.69, 9.17) is 5.73 Å². The molecular weight excluding hydrogens is 267 g/mol. The number of nitrogens with two attached hydrogens (primary N) is 1. The van der Waals surface area contributed by atoms with E-state index in [0.29, 0.717) is 0 Å². The molecule has 0 aliphatic carbocycles. The minimum atomic E-state index is -4.59. The SMILES string of the molecule is C[C@@H]1CC(F)(F)CN1c1ccc(N)c(C(F)(F)F)c1. The number of benzene rings is 1. The van der Waals surface area contributed by atoms with Crippen molar-refractivity contribution in [1.29, 1.82) is 0 Å². The topological polar surface area (TPSA) is 29.3 Å². The number of nitrogen functional groups attached to an aromatic ring is 1. The number of hydrogen-bond acceptors (Lipinski definition) is 2. The second-order valence-electron chi connectivity index (χ2n) is 4.81. The van der Waals surface area contributed by atoms with E-state index < -0.39 is 35.9 Å². The Morgan fingerprint density at radius 2 is 1.95 bits per heavy atom. The fourth-order valence-electron chi connectivity index (χ4n) is 2.33. The van der Waals surface area contributed by atoms with Gasteiger partial charge in [0, 0.05) is 23.8 Å². The Kier molecular flexibility index (Phi) is 3.10. The van der Waals surface area contributed by atoms with Gasteiger partial charge in [-0.25, -0.2) is 8.78 Å². The highest BCUT2D eigenvalue weighted by atomic mass is 19.4. The fourth-order valence-corrected chi connectivity index (χ4v) is 2.33. The third-order valence-corrected chi connectivity index (χ3v) is 3.20. The Hall–Kier alpha value is -1.53. The van der Waals surface area contributed by atoms with Gasteiger partial charge in [-0.15, -0.1) is 0 Å². The predicted octanol–water partition coefficient (Wildman–Crippen LogP) is 3.52. The lowest BCUT2D eigenvalue weighted by atomic mass is 10.1. The Balaban J connectivity index is 2.37. The van der Waals surface area contributed by atoms with Gasteiger partial charge in [0.25, 0.3) is 5.92 Å². The van der Waals surface area contributed by atoms with Crippen molar-refractivity contribution in [2.45, 2.75) is 31.5 Å². The maximum atomic E-state index is 13.3. The molecule has 2 N–H and O–H groups in total. The summed E-state index contributed by atoms with van der Waals surface area (Å²) < 4.78 is 64.7. The van der Waals surface area contributed by atoms with Crippen molar-refractivity contribution >= 4 is 11.4 Å². The highest BCUT2D eigenvalue weighted by Gasteiger charge is 2.43. The molecule has 0 spiro atoms. The summed E-state index contributed by atoms with van der Waals surface area (Å²) in [5, 5.41) is 0. The highest BCUT2D eigenvalue weighted by molar-refractivity contribution is 5.60. The van der Waals surface area contributed by atoms with Crippen LogP contribution in [-0.2, 0) is 6.18 Å². The van der Waals surface area contributed by atoms with Crippen LogP contribution >= 0.6 is 0 Å². The van der Waals surface area contributed by atoms with Crippen LogP contribution in [0, 0.1) is 0 Å². The first kappa shape index (κ1) is 13.9. The van der Waals surface area contributed by atoms with Crippen molar-refractivity contribution in [1.82, 2.24) is 0 Å². The van der Waals surface area contributed by atoms with E-state index >= 15 is 0 Å². The second-order valence-corrected chi connectivity index (χ2v) is 4.81. The first-order chi connectivity index (χ1) is 8.60. The van der Waals surface area contributed by atoms with Crippen LogP contribution in [0.2, 0.25) is 0 Å².